The summed E-state index contributed by atoms with van der Waals surface area (Å²) in [4.78, 5) is 11.0. The van der Waals surface area contributed by atoms with Crippen molar-refractivity contribution in [3.05, 3.63) is 38.8 Å². The lowest BCUT2D eigenvalue weighted by molar-refractivity contribution is -0.124. The molecule has 5 nitrogen and oxygen atoms in total. The van der Waals surface area contributed by atoms with Crippen molar-refractivity contribution >= 4 is 37.8 Å². The first-order chi connectivity index (χ1) is 9.19. The van der Waals surface area contributed by atoms with E-state index < -0.39 is 17.4 Å². The van der Waals surface area contributed by atoms with Gasteiger partial charge in [0.25, 0.3) is 5.91 Å². The van der Waals surface area contributed by atoms with Gasteiger partial charge < -0.3 is 10.2 Å². The Bertz CT molecular complexity index is 543. The lowest BCUT2D eigenvalue weighted by Crippen LogP contribution is -2.22. The maximum Gasteiger partial charge on any atom is 0.267 e. The minimum absolute atomic E-state index is 0.0613. The SMILES string of the molecule is CC(C)(/C=C/C(=O)NO)[C@@H](O)c1cc(Br)cc(Br)c1O. The first kappa shape index (κ1) is 17.2. The van der Waals surface area contributed by atoms with E-state index in [9.17, 15) is 15.0 Å². The smallest absolute Gasteiger partial charge is 0.267 e. The molecule has 0 bridgehead atoms. The van der Waals surface area contributed by atoms with Crippen LogP contribution in [0.4, 0.5) is 0 Å². The Hall–Kier alpha value is -0.890. The Kier molecular flexibility index (Phi) is 5.76. The quantitative estimate of drug-likeness (QED) is 0.350. The van der Waals surface area contributed by atoms with Gasteiger partial charge in [-0.2, -0.15) is 0 Å². The topological polar surface area (TPSA) is 89.8 Å². The van der Waals surface area contributed by atoms with Crippen LogP contribution in [0.25, 0.3) is 0 Å². The molecule has 7 heteroatoms. The highest BCUT2D eigenvalue weighted by Gasteiger charge is 2.29. The molecular weight excluding hydrogens is 394 g/mol. The third kappa shape index (κ3) is 4.05. The van der Waals surface area contributed by atoms with Crippen molar-refractivity contribution in [1.82, 2.24) is 5.48 Å². The molecule has 0 spiro atoms. The van der Waals surface area contributed by atoms with E-state index in [0.29, 0.717) is 14.5 Å². The minimum Gasteiger partial charge on any atom is -0.506 e. The number of benzene rings is 1. The second-order valence-electron chi connectivity index (χ2n) is 4.86. The monoisotopic (exact) mass is 407 g/mol. The fourth-order valence-electron chi connectivity index (χ4n) is 1.61. The zero-order chi connectivity index (χ0) is 15.5. The summed E-state index contributed by atoms with van der Waals surface area (Å²) >= 11 is 6.49. The van der Waals surface area contributed by atoms with Gasteiger partial charge in [-0.25, -0.2) is 5.48 Å². The molecule has 0 radical (unpaired) electrons. The van der Waals surface area contributed by atoms with Crippen molar-refractivity contribution in [3.8, 4) is 5.75 Å². The van der Waals surface area contributed by atoms with E-state index in [1.807, 2.05) is 0 Å². The summed E-state index contributed by atoms with van der Waals surface area (Å²) in [5.41, 5.74) is 0.969. The Balaban J connectivity index is 3.13. The van der Waals surface area contributed by atoms with Gasteiger partial charge in [0, 0.05) is 21.5 Å². The van der Waals surface area contributed by atoms with Crippen molar-refractivity contribution in [2.75, 3.05) is 0 Å². The van der Waals surface area contributed by atoms with Gasteiger partial charge in [0.15, 0.2) is 0 Å². The predicted molar refractivity (Wildman–Crippen MR) is 81.3 cm³/mol. The van der Waals surface area contributed by atoms with E-state index in [2.05, 4.69) is 31.9 Å². The first-order valence-corrected chi connectivity index (χ1v) is 7.27. The van der Waals surface area contributed by atoms with E-state index in [4.69, 9.17) is 5.21 Å². The Morgan fingerprint density at radius 3 is 2.55 bits per heavy atom. The number of amides is 1. The molecule has 1 amide bonds. The summed E-state index contributed by atoms with van der Waals surface area (Å²) in [5.74, 6) is -0.751. The van der Waals surface area contributed by atoms with Crippen molar-refractivity contribution in [2.24, 2.45) is 5.41 Å². The predicted octanol–water partition coefficient (Wildman–Crippen LogP) is 3.04. The fourth-order valence-corrected chi connectivity index (χ4v) is 2.87. The zero-order valence-electron chi connectivity index (χ0n) is 10.9. The van der Waals surface area contributed by atoms with Gasteiger partial charge >= 0.3 is 0 Å². The van der Waals surface area contributed by atoms with Gasteiger partial charge in [-0.15, -0.1) is 0 Å². The van der Waals surface area contributed by atoms with Crippen LogP contribution in [0.15, 0.2) is 33.2 Å². The zero-order valence-corrected chi connectivity index (χ0v) is 14.1. The summed E-state index contributed by atoms with van der Waals surface area (Å²) < 4.78 is 1.15. The summed E-state index contributed by atoms with van der Waals surface area (Å²) in [6.07, 6.45) is 1.53. The molecule has 4 N–H and O–H groups in total. The highest BCUT2D eigenvalue weighted by atomic mass is 79.9. The lowest BCUT2D eigenvalue weighted by atomic mass is 9.82. The molecule has 20 heavy (non-hydrogen) atoms. The number of phenolic OH excluding ortho intramolecular Hbond substituents is 1. The van der Waals surface area contributed by atoms with Crippen molar-refractivity contribution in [3.63, 3.8) is 0 Å². The van der Waals surface area contributed by atoms with E-state index in [0.717, 1.165) is 6.08 Å². The van der Waals surface area contributed by atoms with Gasteiger partial charge in [0.05, 0.1) is 10.6 Å². The van der Waals surface area contributed by atoms with Crippen LogP contribution in [0.3, 0.4) is 0 Å². The van der Waals surface area contributed by atoms with Crippen molar-refractivity contribution in [2.45, 2.75) is 20.0 Å². The van der Waals surface area contributed by atoms with Crippen LogP contribution in [0.1, 0.15) is 25.5 Å². The van der Waals surface area contributed by atoms with Crippen molar-refractivity contribution in [1.29, 1.82) is 0 Å². The minimum atomic E-state index is -1.04. The number of hydroxylamine groups is 1. The largest absolute Gasteiger partial charge is 0.506 e. The Morgan fingerprint density at radius 2 is 2.00 bits per heavy atom. The molecule has 110 valence electrons. The van der Waals surface area contributed by atoms with E-state index >= 15 is 0 Å². The van der Waals surface area contributed by atoms with Crippen LogP contribution < -0.4 is 5.48 Å². The van der Waals surface area contributed by atoms with Crippen LogP contribution in [-0.4, -0.2) is 21.3 Å². The number of aromatic hydroxyl groups is 1. The third-order valence-electron chi connectivity index (χ3n) is 2.83. The number of nitrogens with one attached hydrogen (secondary N) is 1. The fraction of sp³-hybridized carbons (Fsp3) is 0.308. The molecule has 1 rings (SSSR count). The molecule has 0 saturated carbocycles. The maximum absolute atomic E-state index is 11.0. The average Bonchev–Trinajstić information content (AvgIpc) is 2.39. The average molecular weight is 409 g/mol. The third-order valence-corrected chi connectivity index (χ3v) is 3.89. The van der Waals surface area contributed by atoms with Gasteiger partial charge in [0.1, 0.15) is 5.75 Å². The molecule has 0 aliphatic rings. The number of carbonyl (C=O) groups excluding carboxylic acids is 1. The van der Waals surface area contributed by atoms with E-state index in [1.54, 1.807) is 26.0 Å². The highest BCUT2D eigenvalue weighted by molar-refractivity contribution is 9.11. The molecular formula is C13H15Br2NO4. The summed E-state index contributed by atoms with van der Waals surface area (Å²) in [7, 11) is 0. The summed E-state index contributed by atoms with van der Waals surface area (Å²) in [6.45, 7) is 3.40. The standard InChI is InChI=1S/C13H15Br2NO4/c1-13(2,4-3-10(17)16-20)12(19)8-5-7(14)6-9(15)11(8)18/h3-6,12,18-20H,1-2H3,(H,16,17)/b4-3+/t12-/m0/s1. The number of hydrogen-bond donors (Lipinski definition) is 4. The second-order valence-corrected chi connectivity index (χ2v) is 6.63. The molecule has 1 aromatic rings. The van der Waals surface area contributed by atoms with Crippen LogP contribution in [-0.2, 0) is 4.79 Å². The second kappa shape index (κ2) is 6.71. The van der Waals surface area contributed by atoms with Gasteiger partial charge in [-0.1, -0.05) is 35.9 Å². The molecule has 0 fully saturated rings. The van der Waals surface area contributed by atoms with Gasteiger partial charge in [-0.3, -0.25) is 10.0 Å². The van der Waals surface area contributed by atoms with Crippen LogP contribution in [0, 0.1) is 5.41 Å². The summed E-state index contributed by atoms with van der Waals surface area (Å²) in [6, 6.07) is 3.26. The molecule has 0 aliphatic carbocycles. The maximum atomic E-state index is 11.0. The number of rotatable bonds is 4. The van der Waals surface area contributed by atoms with Crippen LogP contribution in [0.5, 0.6) is 5.75 Å². The van der Waals surface area contributed by atoms with Crippen LogP contribution >= 0.6 is 31.9 Å². The molecule has 0 aromatic heterocycles. The van der Waals surface area contributed by atoms with Crippen molar-refractivity contribution < 1.29 is 20.2 Å². The number of phenols is 1. The number of hydrogen-bond acceptors (Lipinski definition) is 4. The molecule has 1 atom stereocenters. The van der Waals surface area contributed by atoms with Gasteiger partial charge in [0.2, 0.25) is 0 Å². The molecule has 0 heterocycles. The summed E-state index contributed by atoms with van der Waals surface area (Å²) in [5, 5.41) is 28.9. The van der Waals surface area contributed by atoms with E-state index in [-0.39, 0.29) is 5.75 Å². The molecule has 1 aromatic carbocycles. The number of carbonyl (C=O) groups is 1. The number of aliphatic hydroxyl groups is 1. The normalized spacial score (nSPS) is 13.5. The van der Waals surface area contributed by atoms with Gasteiger partial charge in [-0.05, 0) is 28.1 Å². The van der Waals surface area contributed by atoms with E-state index in [1.165, 1.54) is 11.6 Å². The molecule has 0 aliphatic heterocycles. The Morgan fingerprint density at radius 1 is 1.40 bits per heavy atom. The first-order valence-electron chi connectivity index (χ1n) is 5.68. The lowest BCUT2D eigenvalue weighted by Gasteiger charge is -2.28. The number of halogens is 2. The molecule has 0 unspecified atom stereocenters. The molecule has 0 saturated heterocycles. The highest BCUT2D eigenvalue weighted by Crippen LogP contribution is 2.42. The van der Waals surface area contributed by atoms with Crippen LogP contribution in [0.2, 0.25) is 0 Å². The number of aliphatic hydroxyl groups excluding tert-OH is 1. The Labute approximate surface area is 133 Å².